The number of esters is 1. The van der Waals surface area contributed by atoms with Crippen molar-refractivity contribution in [3.63, 3.8) is 0 Å². The lowest BCUT2D eigenvalue weighted by molar-refractivity contribution is 0.0527. The molecule has 0 bridgehead atoms. The second kappa shape index (κ2) is 6.25. The lowest BCUT2D eigenvalue weighted by Gasteiger charge is -2.13. The van der Waals surface area contributed by atoms with Gasteiger partial charge < -0.3 is 9.64 Å². The van der Waals surface area contributed by atoms with E-state index in [2.05, 4.69) is 11.0 Å². The SMILES string of the molecule is CCOC(=O)c1cc2cccc(CN(C)C)c2cc1Cl. The molecule has 2 aromatic rings. The van der Waals surface area contributed by atoms with E-state index in [4.69, 9.17) is 16.3 Å². The molecule has 20 heavy (non-hydrogen) atoms. The van der Waals surface area contributed by atoms with E-state index in [9.17, 15) is 4.79 Å². The fourth-order valence-electron chi connectivity index (χ4n) is 2.21. The first kappa shape index (κ1) is 14.8. The minimum absolute atomic E-state index is 0.341. The van der Waals surface area contributed by atoms with Gasteiger partial charge in [-0.1, -0.05) is 29.8 Å². The van der Waals surface area contributed by atoms with E-state index in [-0.39, 0.29) is 5.97 Å². The Balaban J connectivity index is 2.53. The van der Waals surface area contributed by atoms with Crippen molar-refractivity contribution in [1.29, 1.82) is 0 Å². The Kier molecular flexibility index (Phi) is 4.63. The van der Waals surface area contributed by atoms with Gasteiger partial charge in [0.05, 0.1) is 17.2 Å². The van der Waals surface area contributed by atoms with Gasteiger partial charge in [-0.3, -0.25) is 0 Å². The third kappa shape index (κ3) is 3.11. The molecule has 0 unspecified atom stereocenters. The zero-order chi connectivity index (χ0) is 14.7. The van der Waals surface area contributed by atoms with Crippen molar-refractivity contribution < 1.29 is 9.53 Å². The van der Waals surface area contributed by atoms with Crippen molar-refractivity contribution in [3.05, 3.63) is 46.5 Å². The Morgan fingerprint density at radius 3 is 2.70 bits per heavy atom. The first-order valence-corrected chi connectivity index (χ1v) is 6.93. The molecule has 0 saturated heterocycles. The van der Waals surface area contributed by atoms with E-state index in [1.807, 2.05) is 32.3 Å². The first-order chi connectivity index (χ1) is 9.52. The lowest BCUT2D eigenvalue weighted by Crippen LogP contribution is -2.11. The number of carbonyl (C=O) groups is 1. The molecule has 2 aromatic carbocycles. The first-order valence-electron chi connectivity index (χ1n) is 6.56. The number of benzene rings is 2. The van der Waals surface area contributed by atoms with Crippen molar-refractivity contribution in [1.82, 2.24) is 4.90 Å². The zero-order valence-corrected chi connectivity index (χ0v) is 12.7. The molecule has 0 fully saturated rings. The van der Waals surface area contributed by atoms with Crippen LogP contribution in [0.5, 0.6) is 0 Å². The number of halogens is 1. The third-order valence-corrected chi connectivity index (χ3v) is 3.35. The molecular formula is C16H18ClNO2. The largest absolute Gasteiger partial charge is 0.462 e. The van der Waals surface area contributed by atoms with Crippen LogP contribution < -0.4 is 0 Å². The van der Waals surface area contributed by atoms with Crippen LogP contribution in [-0.2, 0) is 11.3 Å². The summed E-state index contributed by atoms with van der Waals surface area (Å²) in [4.78, 5) is 14.0. The molecule has 106 valence electrons. The molecular weight excluding hydrogens is 274 g/mol. The fourth-order valence-corrected chi connectivity index (χ4v) is 2.45. The number of nitrogens with zero attached hydrogens (tertiary/aromatic N) is 1. The normalized spacial score (nSPS) is 11.1. The van der Waals surface area contributed by atoms with Crippen LogP contribution in [0.25, 0.3) is 10.8 Å². The smallest absolute Gasteiger partial charge is 0.339 e. The summed E-state index contributed by atoms with van der Waals surface area (Å²) in [6.45, 7) is 2.95. The number of carbonyl (C=O) groups excluding carboxylic acids is 1. The molecule has 0 aromatic heterocycles. The maximum absolute atomic E-state index is 11.9. The molecule has 0 radical (unpaired) electrons. The van der Waals surface area contributed by atoms with Crippen molar-refractivity contribution in [3.8, 4) is 0 Å². The summed E-state index contributed by atoms with van der Waals surface area (Å²) < 4.78 is 5.02. The number of hydrogen-bond donors (Lipinski definition) is 0. The molecule has 0 aliphatic rings. The Hall–Kier alpha value is -1.58. The predicted octanol–water partition coefficient (Wildman–Crippen LogP) is 3.73. The number of hydrogen-bond acceptors (Lipinski definition) is 3. The van der Waals surface area contributed by atoms with E-state index in [1.54, 1.807) is 13.0 Å². The minimum atomic E-state index is -0.377. The summed E-state index contributed by atoms with van der Waals surface area (Å²) in [5, 5.41) is 2.50. The zero-order valence-electron chi connectivity index (χ0n) is 11.9. The lowest BCUT2D eigenvalue weighted by atomic mass is 10.0. The van der Waals surface area contributed by atoms with Gasteiger partial charge in [-0.15, -0.1) is 0 Å². The average molecular weight is 292 g/mol. The summed E-state index contributed by atoms with van der Waals surface area (Å²) in [6, 6.07) is 9.69. The number of ether oxygens (including phenoxy) is 1. The van der Waals surface area contributed by atoms with Crippen molar-refractivity contribution >= 4 is 28.3 Å². The third-order valence-electron chi connectivity index (χ3n) is 3.04. The van der Waals surface area contributed by atoms with Gasteiger partial charge in [0.1, 0.15) is 0 Å². The summed E-state index contributed by atoms with van der Waals surface area (Å²) in [7, 11) is 4.04. The minimum Gasteiger partial charge on any atom is -0.462 e. The number of fused-ring (bicyclic) bond motifs is 1. The van der Waals surface area contributed by atoms with Crippen LogP contribution >= 0.6 is 11.6 Å². The molecule has 0 saturated carbocycles. The van der Waals surface area contributed by atoms with Crippen LogP contribution in [0, 0.1) is 0 Å². The Morgan fingerprint density at radius 2 is 2.05 bits per heavy atom. The Bertz CT molecular complexity index is 638. The predicted molar refractivity (Wildman–Crippen MR) is 82.3 cm³/mol. The quantitative estimate of drug-likeness (QED) is 0.804. The molecule has 0 aliphatic heterocycles. The highest BCUT2D eigenvalue weighted by molar-refractivity contribution is 6.34. The van der Waals surface area contributed by atoms with Gasteiger partial charge in [-0.05, 0) is 49.5 Å². The molecule has 0 atom stereocenters. The molecule has 3 nitrogen and oxygen atoms in total. The second-order valence-electron chi connectivity index (χ2n) is 4.93. The van der Waals surface area contributed by atoms with Crippen molar-refractivity contribution in [2.24, 2.45) is 0 Å². The highest BCUT2D eigenvalue weighted by atomic mass is 35.5. The van der Waals surface area contributed by atoms with Crippen LogP contribution in [0.4, 0.5) is 0 Å². The summed E-state index contributed by atoms with van der Waals surface area (Å²) >= 11 is 6.23. The molecule has 2 rings (SSSR count). The second-order valence-corrected chi connectivity index (χ2v) is 5.34. The van der Waals surface area contributed by atoms with E-state index in [0.29, 0.717) is 17.2 Å². The van der Waals surface area contributed by atoms with E-state index in [0.717, 1.165) is 17.3 Å². The maximum atomic E-state index is 11.9. The Morgan fingerprint density at radius 1 is 1.30 bits per heavy atom. The maximum Gasteiger partial charge on any atom is 0.339 e. The summed E-state index contributed by atoms with van der Waals surface area (Å²) in [5.41, 5.74) is 1.60. The molecule has 0 amide bonds. The molecule has 0 heterocycles. The standard InChI is InChI=1S/C16H18ClNO2/c1-4-20-16(19)14-8-11-6-5-7-12(10-18(2)3)13(11)9-15(14)17/h5-9H,4,10H2,1-3H3. The topological polar surface area (TPSA) is 29.5 Å². The van der Waals surface area contributed by atoms with Crippen LogP contribution in [0.15, 0.2) is 30.3 Å². The monoisotopic (exact) mass is 291 g/mol. The van der Waals surface area contributed by atoms with Crippen LogP contribution in [0.3, 0.4) is 0 Å². The van der Waals surface area contributed by atoms with E-state index in [1.165, 1.54) is 5.56 Å². The highest BCUT2D eigenvalue weighted by Crippen LogP contribution is 2.27. The number of rotatable bonds is 4. The van der Waals surface area contributed by atoms with Gasteiger partial charge in [0.25, 0.3) is 0 Å². The van der Waals surface area contributed by atoms with Crippen molar-refractivity contribution in [2.45, 2.75) is 13.5 Å². The molecule has 0 aliphatic carbocycles. The van der Waals surface area contributed by atoms with Gasteiger partial charge in [0.15, 0.2) is 0 Å². The van der Waals surface area contributed by atoms with Gasteiger partial charge in [-0.25, -0.2) is 4.79 Å². The van der Waals surface area contributed by atoms with Gasteiger partial charge >= 0.3 is 5.97 Å². The Labute approximate surface area is 124 Å². The molecule has 0 N–H and O–H groups in total. The van der Waals surface area contributed by atoms with E-state index >= 15 is 0 Å². The molecule has 4 heteroatoms. The van der Waals surface area contributed by atoms with Gasteiger partial charge in [-0.2, -0.15) is 0 Å². The van der Waals surface area contributed by atoms with Crippen LogP contribution in [0.2, 0.25) is 5.02 Å². The van der Waals surface area contributed by atoms with E-state index < -0.39 is 0 Å². The molecule has 0 spiro atoms. The van der Waals surface area contributed by atoms with Gasteiger partial charge in [0, 0.05) is 6.54 Å². The summed E-state index contributed by atoms with van der Waals surface area (Å²) in [6.07, 6.45) is 0. The fraction of sp³-hybridized carbons (Fsp3) is 0.312. The highest BCUT2D eigenvalue weighted by Gasteiger charge is 2.14. The summed E-state index contributed by atoms with van der Waals surface area (Å²) in [5.74, 6) is -0.377. The van der Waals surface area contributed by atoms with Gasteiger partial charge in [0.2, 0.25) is 0 Å². The van der Waals surface area contributed by atoms with Crippen molar-refractivity contribution in [2.75, 3.05) is 20.7 Å². The van der Waals surface area contributed by atoms with Crippen LogP contribution in [-0.4, -0.2) is 31.6 Å². The van der Waals surface area contributed by atoms with Crippen LogP contribution in [0.1, 0.15) is 22.8 Å². The average Bonchev–Trinajstić information content (AvgIpc) is 2.38.